The molecule has 3 nitrogen and oxygen atoms in total. The molecule has 5 rings (SSSR count). The molecular formula is C35H52O3. The molecule has 0 unspecified atom stereocenters. The van der Waals surface area contributed by atoms with E-state index in [0.29, 0.717) is 11.2 Å². The minimum Gasteiger partial charge on any atom is -0.430 e. The van der Waals surface area contributed by atoms with Crippen molar-refractivity contribution >= 4 is 6.16 Å². The van der Waals surface area contributed by atoms with Crippen LogP contribution in [0.1, 0.15) is 111 Å². The lowest BCUT2D eigenvalue weighted by molar-refractivity contribution is -0.0597. The van der Waals surface area contributed by atoms with E-state index in [1.807, 2.05) is 31.2 Å². The van der Waals surface area contributed by atoms with Gasteiger partial charge >= 0.3 is 6.16 Å². The second-order valence-corrected chi connectivity index (χ2v) is 14.4. The zero-order valence-corrected chi connectivity index (χ0v) is 24.9. The Labute approximate surface area is 232 Å². The number of hydrogen-bond acceptors (Lipinski definition) is 3. The zero-order chi connectivity index (χ0) is 27.1. The number of carbonyl (C=O) groups is 1. The lowest BCUT2D eigenvalue weighted by Gasteiger charge is -2.58. The molecule has 0 radical (unpaired) electrons. The second-order valence-electron chi connectivity index (χ2n) is 14.4. The number of carbonyl (C=O) groups excluding carboxylic acids is 1. The molecule has 3 saturated carbocycles. The summed E-state index contributed by atoms with van der Waals surface area (Å²) in [4.78, 5) is 12.5. The summed E-state index contributed by atoms with van der Waals surface area (Å²) in [6, 6.07) is 7.56. The highest BCUT2D eigenvalue weighted by atomic mass is 16.7. The van der Waals surface area contributed by atoms with Crippen LogP contribution < -0.4 is 4.74 Å². The van der Waals surface area contributed by atoms with Crippen LogP contribution in [0.4, 0.5) is 4.79 Å². The predicted molar refractivity (Wildman–Crippen MR) is 155 cm³/mol. The minimum absolute atomic E-state index is 0.0692. The van der Waals surface area contributed by atoms with Crippen molar-refractivity contribution in [3.05, 3.63) is 41.5 Å². The van der Waals surface area contributed by atoms with E-state index in [0.717, 1.165) is 60.3 Å². The van der Waals surface area contributed by atoms with E-state index < -0.39 is 6.16 Å². The second kappa shape index (κ2) is 11.0. The third kappa shape index (κ3) is 5.33. The van der Waals surface area contributed by atoms with Gasteiger partial charge in [-0.05, 0) is 110 Å². The Morgan fingerprint density at radius 1 is 0.974 bits per heavy atom. The van der Waals surface area contributed by atoms with Crippen LogP contribution in [0.15, 0.2) is 35.9 Å². The number of hydrogen-bond donors (Lipinski definition) is 0. The lowest BCUT2D eigenvalue weighted by Crippen LogP contribution is -2.51. The summed E-state index contributed by atoms with van der Waals surface area (Å²) < 4.78 is 11.3. The molecule has 1 aromatic carbocycles. The molecule has 38 heavy (non-hydrogen) atoms. The molecule has 8 atom stereocenters. The van der Waals surface area contributed by atoms with Crippen LogP contribution >= 0.6 is 0 Å². The van der Waals surface area contributed by atoms with Gasteiger partial charge in [-0.25, -0.2) is 4.79 Å². The molecule has 4 aliphatic carbocycles. The van der Waals surface area contributed by atoms with E-state index in [9.17, 15) is 4.79 Å². The first-order valence-electron chi connectivity index (χ1n) is 15.7. The smallest absolute Gasteiger partial charge is 0.430 e. The molecule has 4 aliphatic rings. The molecule has 0 amide bonds. The summed E-state index contributed by atoms with van der Waals surface area (Å²) in [7, 11) is 0. The number of allylic oxidation sites excluding steroid dienone is 1. The highest BCUT2D eigenvalue weighted by Gasteiger charge is 2.59. The Morgan fingerprint density at radius 3 is 2.47 bits per heavy atom. The molecule has 3 fully saturated rings. The van der Waals surface area contributed by atoms with Gasteiger partial charge in [0.2, 0.25) is 0 Å². The van der Waals surface area contributed by atoms with Crippen LogP contribution in [0.3, 0.4) is 0 Å². The van der Waals surface area contributed by atoms with Crippen molar-refractivity contribution in [3.63, 3.8) is 0 Å². The molecule has 0 saturated heterocycles. The van der Waals surface area contributed by atoms with Crippen LogP contribution in [-0.4, -0.2) is 12.3 Å². The topological polar surface area (TPSA) is 35.5 Å². The Hall–Kier alpha value is -1.77. The SMILES string of the molecule is Cc1ccc(OC(=O)O[C@@H]2CC[C@]3(C)C(=CC[C@@H]4[C@H]3CC[C@@]3(C)[C@@H]([C@H](C)CCCC(C)C)CC[C@@H]43)C2)cc1. The normalized spacial score (nSPS) is 37.0. The van der Waals surface area contributed by atoms with Gasteiger partial charge in [0.25, 0.3) is 0 Å². The van der Waals surface area contributed by atoms with Gasteiger partial charge < -0.3 is 9.47 Å². The highest BCUT2D eigenvalue weighted by Crippen LogP contribution is 2.67. The molecule has 0 N–H and O–H groups in total. The van der Waals surface area contributed by atoms with Gasteiger partial charge in [0.05, 0.1) is 0 Å². The quantitative estimate of drug-likeness (QED) is 0.204. The maximum atomic E-state index is 12.5. The number of aryl methyl sites for hydroxylation is 1. The van der Waals surface area contributed by atoms with Gasteiger partial charge in [0.1, 0.15) is 11.9 Å². The van der Waals surface area contributed by atoms with Crippen molar-refractivity contribution in [2.24, 2.45) is 46.3 Å². The third-order valence-corrected chi connectivity index (χ3v) is 11.7. The molecule has 210 valence electrons. The van der Waals surface area contributed by atoms with Gasteiger partial charge in [-0.15, -0.1) is 0 Å². The fourth-order valence-corrected chi connectivity index (χ4v) is 9.62. The van der Waals surface area contributed by atoms with Crippen LogP contribution in [0, 0.1) is 53.3 Å². The lowest BCUT2D eigenvalue weighted by atomic mass is 9.47. The first-order chi connectivity index (χ1) is 18.1. The monoisotopic (exact) mass is 520 g/mol. The maximum absolute atomic E-state index is 12.5. The van der Waals surface area contributed by atoms with Crippen LogP contribution in [0.25, 0.3) is 0 Å². The van der Waals surface area contributed by atoms with E-state index in [4.69, 9.17) is 9.47 Å². The molecule has 0 heterocycles. The Morgan fingerprint density at radius 2 is 1.74 bits per heavy atom. The van der Waals surface area contributed by atoms with Gasteiger partial charge in [0, 0.05) is 6.42 Å². The van der Waals surface area contributed by atoms with Crippen LogP contribution in [0.5, 0.6) is 5.75 Å². The first-order valence-corrected chi connectivity index (χ1v) is 15.7. The summed E-state index contributed by atoms with van der Waals surface area (Å²) in [5.74, 6) is 5.64. The van der Waals surface area contributed by atoms with E-state index in [1.165, 1.54) is 51.4 Å². The number of ether oxygens (including phenoxy) is 2. The molecule has 3 heteroatoms. The number of fused-ring (bicyclic) bond motifs is 5. The standard InChI is InChI=1S/C35H52O3/c1-23(2)8-7-9-25(4)30-16-17-31-29-15-12-26-22-28(38-33(36)37-27-13-10-24(3)11-14-27)18-20-34(26,5)32(29)19-21-35(30,31)6/h10-14,23,25,28-32H,7-9,15-22H2,1-6H3/t25-,28-,29+,30-,31+,32-,34-,35+/m1/s1. The van der Waals surface area contributed by atoms with E-state index in [-0.39, 0.29) is 11.5 Å². The fraction of sp³-hybridized carbons (Fsp3) is 0.743. The fourth-order valence-electron chi connectivity index (χ4n) is 9.62. The van der Waals surface area contributed by atoms with E-state index in [1.54, 1.807) is 5.57 Å². The van der Waals surface area contributed by atoms with E-state index in [2.05, 4.69) is 40.7 Å². The van der Waals surface area contributed by atoms with Crippen molar-refractivity contribution in [2.45, 2.75) is 118 Å². The molecule has 0 spiro atoms. The van der Waals surface area contributed by atoms with Crippen molar-refractivity contribution < 1.29 is 14.3 Å². The average Bonchev–Trinajstić information content (AvgIpc) is 3.23. The summed E-state index contributed by atoms with van der Waals surface area (Å²) in [6.07, 6.45) is 16.0. The van der Waals surface area contributed by atoms with Crippen molar-refractivity contribution in [1.29, 1.82) is 0 Å². The summed E-state index contributed by atoms with van der Waals surface area (Å²) in [5.41, 5.74) is 3.50. The Balaban J connectivity index is 1.21. The van der Waals surface area contributed by atoms with Crippen LogP contribution in [-0.2, 0) is 4.74 Å². The van der Waals surface area contributed by atoms with E-state index >= 15 is 0 Å². The molecule has 0 bridgehead atoms. The first kappa shape index (κ1) is 27.8. The summed E-state index contributed by atoms with van der Waals surface area (Å²) in [5, 5.41) is 0. The van der Waals surface area contributed by atoms with Crippen molar-refractivity contribution in [1.82, 2.24) is 0 Å². The van der Waals surface area contributed by atoms with Gasteiger partial charge in [0.15, 0.2) is 0 Å². The summed E-state index contributed by atoms with van der Waals surface area (Å²) in [6.45, 7) is 14.5. The maximum Gasteiger partial charge on any atom is 0.514 e. The predicted octanol–water partition coefficient (Wildman–Crippen LogP) is 9.92. The summed E-state index contributed by atoms with van der Waals surface area (Å²) >= 11 is 0. The largest absolute Gasteiger partial charge is 0.514 e. The zero-order valence-electron chi connectivity index (χ0n) is 24.9. The Kier molecular flexibility index (Phi) is 8.05. The molecule has 0 aromatic heterocycles. The average molecular weight is 521 g/mol. The van der Waals surface area contributed by atoms with Gasteiger partial charge in [-0.1, -0.05) is 83.2 Å². The number of rotatable bonds is 7. The van der Waals surface area contributed by atoms with Crippen molar-refractivity contribution in [2.75, 3.05) is 0 Å². The van der Waals surface area contributed by atoms with Gasteiger partial charge in [-0.3, -0.25) is 0 Å². The minimum atomic E-state index is -0.565. The third-order valence-electron chi connectivity index (χ3n) is 11.7. The molecular weight excluding hydrogens is 468 g/mol. The number of benzene rings is 1. The van der Waals surface area contributed by atoms with Crippen LogP contribution in [0.2, 0.25) is 0 Å². The molecule has 0 aliphatic heterocycles. The van der Waals surface area contributed by atoms with Crippen molar-refractivity contribution in [3.8, 4) is 5.75 Å². The molecule has 1 aromatic rings. The highest BCUT2D eigenvalue weighted by molar-refractivity contribution is 5.64. The Bertz CT molecular complexity index is 1010. The van der Waals surface area contributed by atoms with Gasteiger partial charge in [-0.2, -0.15) is 0 Å².